The van der Waals surface area contributed by atoms with E-state index in [1.165, 1.54) is 17.0 Å². The van der Waals surface area contributed by atoms with E-state index in [-0.39, 0.29) is 15.9 Å². The molecule has 1 aliphatic rings. The fourth-order valence-electron chi connectivity index (χ4n) is 2.36. The lowest BCUT2D eigenvalue weighted by Gasteiger charge is -2.15. The van der Waals surface area contributed by atoms with Crippen LogP contribution in [0.1, 0.15) is 5.56 Å². The monoisotopic (exact) mass is 449 g/mol. The third-order valence-electron chi connectivity index (χ3n) is 3.50. The highest BCUT2D eigenvalue weighted by Gasteiger charge is 2.34. The molecular formula is C19H13BrFNO2S2. The number of thiocarbonyl (C=S) groups is 1. The van der Waals surface area contributed by atoms with Crippen LogP contribution in [0.4, 0.5) is 10.1 Å². The normalized spacial score (nSPS) is 15.6. The maximum absolute atomic E-state index is 14.1. The Morgan fingerprint density at radius 3 is 2.81 bits per heavy atom. The molecule has 3 rings (SSSR count). The maximum Gasteiger partial charge on any atom is 0.270 e. The van der Waals surface area contributed by atoms with Gasteiger partial charge in [0.2, 0.25) is 0 Å². The number of nitrogens with zero attached hydrogens (tertiary/aromatic N) is 1. The number of carbonyl (C=O) groups excluding carboxylic acids is 1. The Morgan fingerprint density at radius 1 is 1.31 bits per heavy atom. The third kappa shape index (κ3) is 3.90. The van der Waals surface area contributed by atoms with Crippen molar-refractivity contribution >= 4 is 61.9 Å². The Hall–Kier alpha value is -1.96. The van der Waals surface area contributed by atoms with Crippen molar-refractivity contribution in [3.63, 3.8) is 0 Å². The molecule has 0 spiro atoms. The van der Waals surface area contributed by atoms with Gasteiger partial charge in [-0.15, -0.1) is 0 Å². The molecule has 0 aliphatic carbocycles. The number of thioether (sulfide) groups is 1. The SMILES string of the molecule is C=CCOc1ccc(Br)cc1/C=C1\SC(=S)N(c2ccccc2F)C1=O. The summed E-state index contributed by atoms with van der Waals surface area (Å²) in [6.07, 6.45) is 3.34. The zero-order valence-electron chi connectivity index (χ0n) is 13.4. The van der Waals surface area contributed by atoms with Gasteiger partial charge in [-0.05, 0) is 36.4 Å². The zero-order valence-corrected chi connectivity index (χ0v) is 16.7. The summed E-state index contributed by atoms with van der Waals surface area (Å²) in [5.74, 6) is -0.244. The molecule has 2 aromatic carbocycles. The van der Waals surface area contributed by atoms with Gasteiger partial charge in [0.05, 0.1) is 10.6 Å². The van der Waals surface area contributed by atoms with Crippen LogP contribution in [0.3, 0.4) is 0 Å². The molecule has 0 radical (unpaired) electrons. The summed E-state index contributed by atoms with van der Waals surface area (Å²) >= 11 is 9.83. The quantitative estimate of drug-likeness (QED) is 0.339. The highest BCUT2D eigenvalue weighted by atomic mass is 79.9. The first kappa shape index (κ1) is 18.8. The first-order chi connectivity index (χ1) is 12.5. The molecule has 0 N–H and O–H groups in total. The van der Waals surface area contributed by atoms with E-state index in [0.29, 0.717) is 17.3 Å². The Morgan fingerprint density at radius 2 is 2.08 bits per heavy atom. The van der Waals surface area contributed by atoms with Crippen LogP contribution in [0.5, 0.6) is 5.75 Å². The molecule has 0 atom stereocenters. The lowest BCUT2D eigenvalue weighted by atomic mass is 10.2. The van der Waals surface area contributed by atoms with Gasteiger partial charge in [0, 0.05) is 10.0 Å². The number of anilines is 1. The van der Waals surface area contributed by atoms with Crippen molar-refractivity contribution in [2.24, 2.45) is 0 Å². The van der Waals surface area contributed by atoms with Gasteiger partial charge in [-0.1, -0.05) is 64.7 Å². The topological polar surface area (TPSA) is 29.5 Å². The fourth-order valence-corrected chi connectivity index (χ4v) is 4.02. The summed E-state index contributed by atoms with van der Waals surface area (Å²) < 4.78 is 20.8. The molecule has 1 amide bonds. The van der Waals surface area contributed by atoms with Crippen LogP contribution in [0.25, 0.3) is 6.08 Å². The number of hydrogen-bond donors (Lipinski definition) is 0. The highest BCUT2D eigenvalue weighted by Crippen LogP contribution is 2.38. The van der Waals surface area contributed by atoms with E-state index >= 15 is 0 Å². The predicted octanol–water partition coefficient (Wildman–Crippen LogP) is 5.56. The molecule has 132 valence electrons. The van der Waals surface area contributed by atoms with Crippen molar-refractivity contribution < 1.29 is 13.9 Å². The molecule has 26 heavy (non-hydrogen) atoms. The van der Waals surface area contributed by atoms with Crippen LogP contribution >= 0.6 is 39.9 Å². The van der Waals surface area contributed by atoms with E-state index in [1.807, 2.05) is 12.1 Å². The number of halogens is 2. The van der Waals surface area contributed by atoms with E-state index in [1.54, 1.807) is 30.4 Å². The van der Waals surface area contributed by atoms with Crippen LogP contribution in [0.2, 0.25) is 0 Å². The smallest absolute Gasteiger partial charge is 0.270 e. The van der Waals surface area contributed by atoms with Crippen molar-refractivity contribution in [3.8, 4) is 5.75 Å². The third-order valence-corrected chi connectivity index (χ3v) is 5.30. The van der Waals surface area contributed by atoms with Gasteiger partial charge in [-0.2, -0.15) is 0 Å². The van der Waals surface area contributed by atoms with Gasteiger partial charge in [0.15, 0.2) is 4.32 Å². The number of rotatable bonds is 5. The Balaban J connectivity index is 1.97. The first-order valence-electron chi connectivity index (χ1n) is 7.57. The van der Waals surface area contributed by atoms with Gasteiger partial charge < -0.3 is 4.74 Å². The molecule has 7 heteroatoms. The second-order valence-electron chi connectivity index (χ2n) is 5.25. The van der Waals surface area contributed by atoms with E-state index in [2.05, 4.69) is 22.5 Å². The number of hydrogen-bond acceptors (Lipinski definition) is 4. The molecule has 1 fully saturated rings. The summed E-state index contributed by atoms with van der Waals surface area (Å²) in [7, 11) is 0. The lowest BCUT2D eigenvalue weighted by molar-refractivity contribution is -0.113. The van der Waals surface area contributed by atoms with E-state index < -0.39 is 5.82 Å². The molecule has 0 unspecified atom stereocenters. The Kier molecular flexibility index (Phi) is 5.90. The van der Waals surface area contributed by atoms with Crippen LogP contribution in [-0.2, 0) is 4.79 Å². The van der Waals surface area contributed by atoms with Gasteiger partial charge in [-0.25, -0.2) is 4.39 Å². The molecule has 0 bridgehead atoms. The number of amides is 1. The number of ether oxygens (including phenoxy) is 1. The minimum Gasteiger partial charge on any atom is -0.489 e. The van der Waals surface area contributed by atoms with Crippen molar-refractivity contribution in [1.29, 1.82) is 0 Å². The van der Waals surface area contributed by atoms with E-state index in [9.17, 15) is 9.18 Å². The first-order valence-corrected chi connectivity index (χ1v) is 9.59. The van der Waals surface area contributed by atoms with Gasteiger partial charge in [-0.3, -0.25) is 9.69 Å². The second-order valence-corrected chi connectivity index (χ2v) is 7.84. The largest absolute Gasteiger partial charge is 0.489 e. The average Bonchev–Trinajstić information content (AvgIpc) is 2.88. The van der Waals surface area contributed by atoms with Crippen molar-refractivity contribution in [1.82, 2.24) is 0 Å². The Bertz CT molecular complexity index is 930. The minimum atomic E-state index is -0.498. The van der Waals surface area contributed by atoms with Crippen LogP contribution in [0.15, 0.2) is 64.5 Å². The number of benzene rings is 2. The molecule has 0 saturated carbocycles. The highest BCUT2D eigenvalue weighted by molar-refractivity contribution is 9.10. The molecule has 1 saturated heterocycles. The minimum absolute atomic E-state index is 0.149. The number of para-hydroxylation sites is 1. The standard InChI is InChI=1S/C19H13BrFNO2S2/c1-2-9-24-16-8-7-13(20)10-12(16)11-17-18(23)22(19(25)26-17)15-6-4-3-5-14(15)21/h2-8,10-11H,1,9H2/b17-11-. The molecule has 1 heterocycles. The summed E-state index contributed by atoms with van der Waals surface area (Å²) in [5, 5.41) is 0. The van der Waals surface area contributed by atoms with Crippen molar-refractivity contribution in [2.45, 2.75) is 0 Å². The van der Waals surface area contributed by atoms with Crippen LogP contribution < -0.4 is 9.64 Å². The van der Waals surface area contributed by atoms with Crippen molar-refractivity contribution in [3.05, 3.63) is 75.9 Å². The van der Waals surface area contributed by atoms with E-state index in [4.69, 9.17) is 17.0 Å². The summed E-state index contributed by atoms with van der Waals surface area (Å²) in [4.78, 5) is 14.4. The average molecular weight is 450 g/mol. The van der Waals surface area contributed by atoms with Crippen molar-refractivity contribution in [2.75, 3.05) is 11.5 Å². The number of carbonyl (C=O) groups is 1. The van der Waals surface area contributed by atoms with Gasteiger partial charge >= 0.3 is 0 Å². The van der Waals surface area contributed by atoms with Gasteiger partial charge in [0.25, 0.3) is 5.91 Å². The van der Waals surface area contributed by atoms with E-state index in [0.717, 1.165) is 21.8 Å². The molecular weight excluding hydrogens is 437 g/mol. The maximum atomic E-state index is 14.1. The molecule has 1 aliphatic heterocycles. The lowest BCUT2D eigenvalue weighted by Crippen LogP contribution is -2.28. The summed E-state index contributed by atoms with van der Waals surface area (Å²) in [6.45, 7) is 3.98. The van der Waals surface area contributed by atoms with Crippen LogP contribution in [-0.4, -0.2) is 16.8 Å². The van der Waals surface area contributed by atoms with Gasteiger partial charge in [0.1, 0.15) is 18.2 Å². The molecule has 0 aromatic heterocycles. The fraction of sp³-hybridized carbons (Fsp3) is 0.0526. The second kappa shape index (κ2) is 8.16. The molecule has 3 nitrogen and oxygen atoms in total. The summed E-state index contributed by atoms with van der Waals surface area (Å²) in [5.41, 5.74) is 0.867. The van der Waals surface area contributed by atoms with Crippen LogP contribution in [0, 0.1) is 5.82 Å². The Labute approximate surface area is 168 Å². The summed E-state index contributed by atoms with van der Waals surface area (Å²) in [6, 6.07) is 11.5. The predicted molar refractivity (Wildman–Crippen MR) is 112 cm³/mol. The molecule has 2 aromatic rings. The zero-order chi connectivity index (χ0) is 18.7.